The molecule has 24 heavy (non-hydrogen) atoms. The molecule has 0 spiro atoms. The average molecular weight is 338 g/mol. The summed E-state index contributed by atoms with van der Waals surface area (Å²) in [5.74, 6) is -1.48. The van der Waals surface area contributed by atoms with E-state index in [-0.39, 0.29) is 24.1 Å². The molecule has 1 amide bonds. The van der Waals surface area contributed by atoms with E-state index in [0.717, 1.165) is 12.5 Å². The van der Waals surface area contributed by atoms with E-state index in [2.05, 4.69) is 4.90 Å². The van der Waals surface area contributed by atoms with E-state index in [1.54, 1.807) is 11.8 Å². The Bertz CT molecular complexity index is 607. The Kier molecular flexibility index (Phi) is 6.45. The number of piperazine rings is 1. The second-order valence-electron chi connectivity index (χ2n) is 6.06. The minimum Gasteiger partial charge on any atom is -0.395 e. The Morgan fingerprint density at radius 3 is 2.50 bits per heavy atom. The van der Waals surface area contributed by atoms with Crippen molar-refractivity contribution in [3.63, 3.8) is 0 Å². The lowest BCUT2D eigenvalue weighted by Crippen LogP contribution is -2.52. The van der Waals surface area contributed by atoms with Gasteiger partial charge < -0.3 is 10.0 Å². The third-order valence-electron chi connectivity index (χ3n) is 4.52. The molecule has 2 rings (SSSR count). The molecule has 0 radical (unpaired) electrons. The first-order valence-corrected chi connectivity index (χ1v) is 8.23. The van der Waals surface area contributed by atoms with Crippen LogP contribution in [0.25, 0.3) is 5.57 Å². The summed E-state index contributed by atoms with van der Waals surface area (Å²) < 4.78 is 26.7. The monoisotopic (exact) mass is 338 g/mol. The molecule has 0 bridgehead atoms. The predicted octanol–water partition coefficient (Wildman–Crippen LogP) is 2.28. The van der Waals surface area contributed by atoms with Crippen molar-refractivity contribution in [2.24, 2.45) is 0 Å². The van der Waals surface area contributed by atoms with Crippen LogP contribution in [-0.4, -0.2) is 59.6 Å². The molecule has 0 aromatic heterocycles. The molecule has 132 valence electrons. The fraction of sp³-hybridized carbons (Fsp3) is 0.500. The second kappa shape index (κ2) is 8.35. The van der Waals surface area contributed by atoms with E-state index in [1.807, 2.05) is 6.92 Å². The van der Waals surface area contributed by atoms with Crippen LogP contribution in [-0.2, 0) is 4.79 Å². The summed E-state index contributed by atoms with van der Waals surface area (Å²) in [6.07, 6.45) is 2.27. The molecule has 1 aromatic carbocycles. The van der Waals surface area contributed by atoms with Gasteiger partial charge in [-0.15, -0.1) is 0 Å². The maximum absolute atomic E-state index is 13.8. The van der Waals surface area contributed by atoms with E-state index in [9.17, 15) is 18.7 Å². The van der Waals surface area contributed by atoms with Crippen molar-refractivity contribution in [2.75, 3.05) is 32.8 Å². The molecular weight excluding hydrogens is 314 g/mol. The number of carbonyl (C=O) groups excluding carboxylic acids is 1. The number of halogens is 2. The largest absolute Gasteiger partial charge is 0.395 e. The Balaban J connectivity index is 2.00. The highest BCUT2D eigenvalue weighted by atomic mass is 19.1. The summed E-state index contributed by atoms with van der Waals surface area (Å²) in [6.45, 7) is 6.36. The fourth-order valence-corrected chi connectivity index (χ4v) is 2.97. The van der Waals surface area contributed by atoms with Gasteiger partial charge in [-0.3, -0.25) is 9.69 Å². The summed E-state index contributed by atoms with van der Waals surface area (Å²) in [7, 11) is 0. The normalized spacial score (nSPS) is 17.9. The van der Waals surface area contributed by atoms with E-state index in [4.69, 9.17) is 0 Å². The van der Waals surface area contributed by atoms with Crippen LogP contribution >= 0.6 is 0 Å². The number of amides is 1. The number of allylic oxidation sites excluding steroid dienone is 1. The van der Waals surface area contributed by atoms with Gasteiger partial charge in [0.05, 0.1) is 6.61 Å². The quantitative estimate of drug-likeness (QED) is 0.838. The molecule has 1 heterocycles. The zero-order valence-corrected chi connectivity index (χ0v) is 14.1. The van der Waals surface area contributed by atoms with Gasteiger partial charge in [-0.1, -0.05) is 6.92 Å². The Hall–Kier alpha value is -1.79. The van der Waals surface area contributed by atoms with Crippen molar-refractivity contribution in [1.29, 1.82) is 0 Å². The van der Waals surface area contributed by atoms with Crippen LogP contribution in [0.5, 0.6) is 0 Å². The lowest BCUT2D eigenvalue weighted by atomic mass is 10.1. The standard InChI is InChI=1S/C18H24F2N2O2/c1-3-15(12-23)21-6-8-22(9-7-21)18(24)10-13(2)16-5-4-14(19)11-17(16)20/h4-5,10-11,15,23H,3,6-9,12H2,1-2H3/b13-10-. The lowest BCUT2D eigenvalue weighted by molar-refractivity contribution is -0.128. The van der Waals surface area contributed by atoms with Gasteiger partial charge in [0.1, 0.15) is 11.6 Å². The highest BCUT2D eigenvalue weighted by Gasteiger charge is 2.24. The summed E-state index contributed by atoms with van der Waals surface area (Å²) >= 11 is 0. The van der Waals surface area contributed by atoms with Gasteiger partial charge in [-0.25, -0.2) is 8.78 Å². The Labute approximate surface area is 141 Å². The minimum absolute atomic E-state index is 0.118. The molecule has 0 aliphatic carbocycles. The number of nitrogens with zero attached hydrogens (tertiary/aromatic N) is 2. The topological polar surface area (TPSA) is 43.8 Å². The van der Waals surface area contributed by atoms with Gasteiger partial charge in [-0.05, 0) is 31.1 Å². The van der Waals surface area contributed by atoms with Gasteiger partial charge in [0.25, 0.3) is 0 Å². The predicted molar refractivity (Wildman–Crippen MR) is 89.3 cm³/mol. The van der Waals surface area contributed by atoms with E-state index >= 15 is 0 Å². The first-order chi connectivity index (χ1) is 11.5. The lowest BCUT2D eigenvalue weighted by Gasteiger charge is -2.38. The minimum atomic E-state index is -0.671. The molecule has 1 aliphatic heterocycles. The van der Waals surface area contributed by atoms with Gasteiger partial charge in [0.2, 0.25) is 5.91 Å². The van der Waals surface area contributed by atoms with Crippen LogP contribution in [0.15, 0.2) is 24.3 Å². The highest BCUT2D eigenvalue weighted by molar-refractivity contribution is 5.95. The third kappa shape index (κ3) is 4.39. The van der Waals surface area contributed by atoms with Crippen molar-refractivity contribution < 1.29 is 18.7 Å². The van der Waals surface area contributed by atoms with Crippen molar-refractivity contribution in [3.05, 3.63) is 41.5 Å². The average Bonchev–Trinajstić information content (AvgIpc) is 2.56. The first kappa shape index (κ1) is 18.5. The van der Waals surface area contributed by atoms with Crippen LogP contribution in [0.1, 0.15) is 25.8 Å². The third-order valence-corrected chi connectivity index (χ3v) is 4.52. The van der Waals surface area contributed by atoms with Crippen molar-refractivity contribution in [1.82, 2.24) is 9.80 Å². The molecule has 1 unspecified atom stereocenters. The molecular formula is C18H24F2N2O2. The molecule has 1 atom stereocenters. The number of aliphatic hydroxyl groups excluding tert-OH is 1. The maximum Gasteiger partial charge on any atom is 0.246 e. The SMILES string of the molecule is CCC(CO)N1CCN(C(=O)/C=C(/C)c2ccc(F)cc2F)CC1. The van der Waals surface area contributed by atoms with Crippen molar-refractivity contribution in [2.45, 2.75) is 26.3 Å². The van der Waals surface area contributed by atoms with E-state index in [0.29, 0.717) is 31.8 Å². The molecule has 0 saturated carbocycles. The molecule has 1 aliphatic rings. The Morgan fingerprint density at radius 2 is 1.96 bits per heavy atom. The van der Waals surface area contributed by atoms with Gasteiger partial charge >= 0.3 is 0 Å². The summed E-state index contributed by atoms with van der Waals surface area (Å²) in [4.78, 5) is 16.3. The smallest absolute Gasteiger partial charge is 0.246 e. The Morgan fingerprint density at radius 1 is 1.29 bits per heavy atom. The molecule has 1 fully saturated rings. The number of hydrogen-bond acceptors (Lipinski definition) is 3. The van der Waals surface area contributed by atoms with Crippen molar-refractivity contribution >= 4 is 11.5 Å². The van der Waals surface area contributed by atoms with Crippen LogP contribution in [0.4, 0.5) is 8.78 Å². The summed E-state index contributed by atoms with van der Waals surface area (Å²) in [6, 6.07) is 3.47. The zero-order chi connectivity index (χ0) is 17.7. The first-order valence-electron chi connectivity index (χ1n) is 8.23. The van der Waals surface area contributed by atoms with Crippen LogP contribution in [0.2, 0.25) is 0 Å². The van der Waals surface area contributed by atoms with E-state index < -0.39 is 11.6 Å². The van der Waals surface area contributed by atoms with Crippen LogP contribution in [0.3, 0.4) is 0 Å². The highest BCUT2D eigenvalue weighted by Crippen LogP contribution is 2.19. The molecule has 1 saturated heterocycles. The van der Waals surface area contributed by atoms with Gasteiger partial charge in [0.15, 0.2) is 0 Å². The maximum atomic E-state index is 13.8. The number of hydrogen-bond donors (Lipinski definition) is 1. The summed E-state index contributed by atoms with van der Waals surface area (Å²) in [5, 5.41) is 9.35. The summed E-state index contributed by atoms with van der Waals surface area (Å²) in [5.41, 5.74) is 0.705. The van der Waals surface area contributed by atoms with E-state index in [1.165, 1.54) is 18.2 Å². The molecule has 1 aromatic rings. The molecule has 4 nitrogen and oxygen atoms in total. The van der Waals surface area contributed by atoms with Crippen LogP contribution < -0.4 is 0 Å². The van der Waals surface area contributed by atoms with Gasteiger partial charge in [0, 0.05) is 49.9 Å². The van der Waals surface area contributed by atoms with Crippen LogP contribution in [0, 0.1) is 11.6 Å². The van der Waals surface area contributed by atoms with Gasteiger partial charge in [-0.2, -0.15) is 0 Å². The molecule has 1 N–H and O–H groups in total. The number of aliphatic hydroxyl groups is 1. The van der Waals surface area contributed by atoms with Crippen molar-refractivity contribution in [3.8, 4) is 0 Å². The molecule has 6 heteroatoms. The second-order valence-corrected chi connectivity index (χ2v) is 6.06. The number of benzene rings is 1. The number of rotatable bonds is 5. The zero-order valence-electron chi connectivity index (χ0n) is 14.1. The number of carbonyl (C=O) groups is 1. The fourth-order valence-electron chi connectivity index (χ4n) is 2.97.